The van der Waals surface area contributed by atoms with E-state index in [4.69, 9.17) is 9.47 Å². The average molecular weight is 522 g/mol. The molecule has 4 rings (SSSR count). The van der Waals surface area contributed by atoms with Gasteiger partial charge in [-0.3, -0.25) is 0 Å². The van der Waals surface area contributed by atoms with E-state index in [1.165, 1.54) is 4.31 Å². The second kappa shape index (κ2) is 10.3. The molecule has 1 unspecified atom stereocenters. The number of aromatic nitrogens is 2. The van der Waals surface area contributed by atoms with Gasteiger partial charge >= 0.3 is 6.18 Å². The smallest absolute Gasteiger partial charge is 0.374 e. The second-order valence-corrected chi connectivity index (χ2v) is 11.8. The van der Waals surface area contributed by atoms with Crippen molar-refractivity contribution in [3.05, 3.63) is 11.9 Å². The molecule has 1 aromatic rings. The average Bonchev–Trinajstić information content (AvgIpc) is 2.84. The standard InChI is InChI=1S/C22H34F3N5O4S/c1-3-35(31,32)30-10-11-33-17(15-30)14-28(2)18-13-19(27-20(26-18)22(23,24)25)29-9-12-34-21(16-29)7-5-4-6-8-21/h13,17H,3-12,14-16H2,1-2H3. The number of nitrogens with zero attached hydrogens (tertiary/aromatic N) is 5. The molecular formula is C22H34F3N5O4S. The number of alkyl halides is 3. The van der Waals surface area contributed by atoms with Crippen molar-refractivity contribution in [3.8, 4) is 0 Å². The van der Waals surface area contributed by atoms with Crippen LogP contribution in [0.15, 0.2) is 6.07 Å². The largest absolute Gasteiger partial charge is 0.451 e. The highest BCUT2D eigenvalue weighted by atomic mass is 32.2. The van der Waals surface area contributed by atoms with Crippen LogP contribution < -0.4 is 9.80 Å². The van der Waals surface area contributed by atoms with Gasteiger partial charge in [-0.25, -0.2) is 18.4 Å². The summed E-state index contributed by atoms with van der Waals surface area (Å²) >= 11 is 0. The van der Waals surface area contributed by atoms with Crippen molar-refractivity contribution in [1.82, 2.24) is 14.3 Å². The van der Waals surface area contributed by atoms with Gasteiger partial charge in [0.2, 0.25) is 15.8 Å². The Labute approximate surface area is 204 Å². The van der Waals surface area contributed by atoms with Gasteiger partial charge in [0, 0.05) is 45.8 Å². The lowest BCUT2D eigenvalue weighted by Crippen LogP contribution is -2.53. The Hall–Kier alpha value is -1.70. The SMILES string of the molecule is CCS(=O)(=O)N1CCOC(CN(C)c2cc(N3CCOC4(CCCCC4)C3)nc(C(F)(F)F)n2)C1. The van der Waals surface area contributed by atoms with Gasteiger partial charge in [0.15, 0.2) is 0 Å². The number of halogens is 3. The van der Waals surface area contributed by atoms with Crippen LogP contribution in [0, 0.1) is 0 Å². The summed E-state index contributed by atoms with van der Waals surface area (Å²) in [7, 11) is -1.74. The first-order valence-electron chi connectivity index (χ1n) is 12.2. The Kier molecular flexibility index (Phi) is 7.79. The zero-order chi connectivity index (χ0) is 25.3. The molecule has 13 heteroatoms. The first kappa shape index (κ1) is 26.4. The van der Waals surface area contributed by atoms with E-state index in [0.717, 1.165) is 32.1 Å². The van der Waals surface area contributed by atoms with Crippen molar-refractivity contribution in [3.63, 3.8) is 0 Å². The molecule has 0 radical (unpaired) electrons. The molecule has 0 N–H and O–H groups in total. The summed E-state index contributed by atoms with van der Waals surface area (Å²) in [6, 6.07) is 1.57. The number of morpholine rings is 2. The molecule has 0 amide bonds. The van der Waals surface area contributed by atoms with Crippen LogP contribution >= 0.6 is 0 Å². The van der Waals surface area contributed by atoms with E-state index >= 15 is 0 Å². The molecule has 35 heavy (non-hydrogen) atoms. The molecule has 1 aromatic heterocycles. The van der Waals surface area contributed by atoms with Crippen LogP contribution in [-0.2, 0) is 25.7 Å². The Morgan fingerprint density at radius 1 is 1.17 bits per heavy atom. The molecule has 198 valence electrons. The molecule has 0 bridgehead atoms. The molecule has 3 fully saturated rings. The van der Waals surface area contributed by atoms with Gasteiger partial charge in [0.25, 0.3) is 0 Å². The van der Waals surface area contributed by atoms with E-state index in [2.05, 4.69) is 9.97 Å². The molecule has 1 aliphatic carbocycles. The van der Waals surface area contributed by atoms with Crippen LogP contribution in [0.25, 0.3) is 0 Å². The van der Waals surface area contributed by atoms with E-state index in [-0.39, 0.29) is 49.2 Å². The van der Waals surface area contributed by atoms with Gasteiger partial charge in [-0.2, -0.15) is 17.5 Å². The second-order valence-electron chi connectivity index (χ2n) is 9.55. The lowest BCUT2D eigenvalue weighted by Gasteiger charge is -2.45. The molecule has 1 atom stereocenters. The Morgan fingerprint density at radius 3 is 2.60 bits per heavy atom. The van der Waals surface area contributed by atoms with Crippen LogP contribution in [0.2, 0.25) is 0 Å². The van der Waals surface area contributed by atoms with Crippen molar-refractivity contribution >= 4 is 21.7 Å². The Morgan fingerprint density at radius 2 is 1.91 bits per heavy atom. The topological polar surface area (TPSA) is 88.1 Å². The Bertz CT molecular complexity index is 982. The molecule has 0 aromatic carbocycles. The van der Waals surface area contributed by atoms with Gasteiger partial charge in [-0.05, 0) is 19.8 Å². The van der Waals surface area contributed by atoms with E-state index < -0.39 is 28.1 Å². The number of hydrogen-bond acceptors (Lipinski definition) is 8. The molecule has 2 aliphatic heterocycles. The summed E-state index contributed by atoms with van der Waals surface area (Å²) in [5.74, 6) is -0.866. The lowest BCUT2D eigenvalue weighted by atomic mass is 9.83. The minimum atomic E-state index is -4.70. The van der Waals surface area contributed by atoms with Gasteiger partial charge in [-0.1, -0.05) is 19.3 Å². The van der Waals surface area contributed by atoms with Crippen LogP contribution in [0.3, 0.4) is 0 Å². The third kappa shape index (κ3) is 6.17. The van der Waals surface area contributed by atoms with E-state index in [1.807, 2.05) is 4.90 Å². The third-order valence-electron chi connectivity index (χ3n) is 7.02. The highest BCUT2D eigenvalue weighted by molar-refractivity contribution is 7.89. The maximum absolute atomic E-state index is 13.7. The first-order chi connectivity index (χ1) is 16.5. The monoisotopic (exact) mass is 521 g/mol. The molecule has 9 nitrogen and oxygen atoms in total. The van der Waals surface area contributed by atoms with Gasteiger partial charge in [0.05, 0.1) is 30.7 Å². The minimum absolute atomic E-state index is 0.0131. The van der Waals surface area contributed by atoms with Crippen LogP contribution in [0.1, 0.15) is 44.9 Å². The summed E-state index contributed by atoms with van der Waals surface area (Å²) in [5, 5.41) is 0. The number of sulfonamides is 1. The zero-order valence-corrected chi connectivity index (χ0v) is 21.1. The number of anilines is 2. The quantitative estimate of drug-likeness (QED) is 0.565. The van der Waals surface area contributed by atoms with E-state index in [0.29, 0.717) is 19.7 Å². The van der Waals surface area contributed by atoms with E-state index in [1.54, 1.807) is 24.9 Å². The molecule has 1 saturated carbocycles. The highest BCUT2D eigenvalue weighted by Crippen LogP contribution is 2.37. The van der Waals surface area contributed by atoms with Gasteiger partial charge < -0.3 is 19.3 Å². The van der Waals surface area contributed by atoms with Gasteiger partial charge in [0.1, 0.15) is 11.6 Å². The van der Waals surface area contributed by atoms with Gasteiger partial charge in [-0.15, -0.1) is 0 Å². The fraction of sp³-hybridized carbons (Fsp3) is 0.818. The molecule has 2 saturated heterocycles. The van der Waals surface area contributed by atoms with Crippen molar-refractivity contribution in [1.29, 1.82) is 0 Å². The summed E-state index contributed by atoms with van der Waals surface area (Å²) in [6.45, 7) is 3.81. The predicted molar refractivity (Wildman–Crippen MR) is 125 cm³/mol. The van der Waals surface area contributed by atoms with Crippen LogP contribution in [0.5, 0.6) is 0 Å². The fourth-order valence-electron chi connectivity index (χ4n) is 5.08. The van der Waals surface area contributed by atoms with Crippen LogP contribution in [-0.4, -0.2) is 93.1 Å². The van der Waals surface area contributed by atoms with Crippen molar-refractivity contribution in [2.75, 3.05) is 68.5 Å². The van der Waals surface area contributed by atoms with Crippen LogP contribution in [0.4, 0.5) is 24.8 Å². The molecule has 1 spiro atoms. The predicted octanol–water partition coefficient (Wildman–Crippen LogP) is 2.52. The maximum atomic E-state index is 13.7. The van der Waals surface area contributed by atoms with Crippen molar-refractivity contribution < 1.29 is 31.1 Å². The van der Waals surface area contributed by atoms with Crippen molar-refractivity contribution in [2.45, 2.75) is 56.9 Å². The minimum Gasteiger partial charge on any atom is -0.374 e. The molecule has 3 aliphatic rings. The highest BCUT2D eigenvalue weighted by Gasteiger charge is 2.40. The number of rotatable bonds is 6. The summed E-state index contributed by atoms with van der Waals surface area (Å²) < 4.78 is 78.9. The third-order valence-corrected chi connectivity index (χ3v) is 8.87. The molecular weight excluding hydrogens is 487 g/mol. The number of ether oxygens (including phenoxy) is 2. The number of hydrogen-bond donors (Lipinski definition) is 0. The lowest BCUT2D eigenvalue weighted by molar-refractivity contribution is -0.144. The maximum Gasteiger partial charge on any atom is 0.451 e. The Balaban J connectivity index is 1.55. The fourth-order valence-corrected chi connectivity index (χ4v) is 6.19. The number of likely N-dealkylation sites (N-methyl/N-ethyl adjacent to an activating group) is 1. The van der Waals surface area contributed by atoms with Crippen molar-refractivity contribution in [2.24, 2.45) is 0 Å². The first-order valence-corrected chi connectivity index (χ1v) is 13.8. The summed E-state index contributed by atoms with van der Waals surface area (Å²) in [4.78, 5) is 11.1. The molecule has 3 heterocycles. The van der Waals surface area contributed by atoms with E-state index in [9.17, 15) is 21.6 Å². The summed E-state index contributed by atoms with van der Waals surface area (Å²) in [6.07, 6.45) is -0.166. The summed E-state index contributed by atoms with van der Waals surface area (Å²) in [5.41, 5.74) is -0.337. The normalized spacial score (nSPS) is 24.0. The zero-order valence-electron chi connectivity index (χ0n) is 20.3.